The highest BCUT2D eigenvalue weighted by molar-refractivity contribution is 7.91. The maximum absolute atomic E-state index is 12.4. The summed E-state index contributed by atoms with van der Waals surface area (Å²) < 4.78 is 27.4. The van der Waals surface area contributed by atoms with Gasteiger partial charge in [0.1, 0.15) is 0 Å². The minimum atomic E-state index is -3.51. The average Bonchev–Trinajstić information content (AvgIpc) is 2.81. The molecule has 1 heterocycles. The van der Waals surface area contributed by atoms with Crippen LogP contribution in [-0.2, 0) is 27.0 Å². The molecule has 0 atom stereocenters. The smallest absolute Gasteiger partial charge is 0.236 e. The Morgan fingerprint density at radius 2 is 1.91 bits per heavy atom. The first-order valence-corrected chi connectivity index (χ1v) is 8.97. The summed E-state index contributed by atoms with van der Waals surface area (Å²) in [6, 6.07) is 10.9. The van der Waals surface area contributed by atoms with Crippen LogP contribution >= 0.6 is 0 Å². The summed E-state index contributed by atoms with van der Waals surface area (Å²) in [5.74, 6) is -0.148. The number of carbonyl (C=O) groups excluding carboxylic acids is 1. The number of hydrogen-bond acceptors (Lipinski definition) is 3. The Morgan fingerprint density at radius 1 is 1.13 bits per heavy atom. The van der Waals surface area contributed by atoms with E-state index in [0.717, 1.165) is 27.9 Å². The highest BCUT2D eigenvalue weighted by Gasteiger charge is 2.19. The third kappa shape index (κ3) is 3.53. The minimum Gasteiger partial charge on any atom is -0.326 e. The number of rotatable bonds is 4. The Labute approximate surface area is 135 Å². The first kappa shape index (κ1) is 15.6. The monoisotopic (exact) mass is 330 g/mol. The number of nitrogens with one attached hydrogen (secondary N) is 2. The van der Waals surface area contributed by atoms with E-state index in [1.807, 2.05) is 32.0 Å². The molecule has 0 fully saturated rings. The van der Waals surface area contributed by atoms with E-state index in [0.29, 0.717) is 5.69 Å². The molecule has 0 aromatic heterocycles. The highest BCUT2D eigenvalue weighted by atomic mass is 32.2. The van der Waals surface area contributed by atoms with E-state index in [2.05, 4.69) is 10.0 Å². The van der Waals surface area contributed by atoms with E-state index in [1.165, 1.54) is 0 Å². The summed E-state index contributed by atoms with van der Waals surface area (Å²) in [6.45, 7) is 3.84. The van der Waals surface area contributed by atoms with Crippen molar-refractivity contribution in [3.8, 4) is 0 Å². The van der Waals surface area contributed by atoms with Gasteiger partial charge in [0.2, 0.25) is 15.9 Å². The molecule has 0 saturated carbocycles. The summed E-state index contributed by atoms with van der Waals surface area (Å²) in [4.78, 5) is 11.4. The zero-order chi connectivity index (χ0) is 16.6. The number of sulfonamides is 1. The van der Waals surface area contributed by atoms with Crippen LogP contribution in [0.25, 0.3) is 0 Å². The Hall–Kier alpha value is -2.34. The second-order valence-electron chi connectivity index (χ2n) is 5.89. The van der Waals surface area contributed by atoms with E-state index in [1.54, 1.807) is 18.2 Å². The molecule has 3 rings (SSSR count). The SMILES string of the molecule is Cc1ccc(C)c(CS(=O)(=O)Nc2ccc3c(c2)CC(=O)N3)c1. The van der Waals surface area contributed by atoms with Crippen LogP contribution in [0.15, 0.2) is 36.4 Å². The summed E-state index contributed by atoms with van der Waals surface area (Å²) in [5, 5.41) is 2.72. The molecule has 0 saturated heterocycles. The predicted octanol–water partition coefficient (Wildman–Crippen LogP) is 2.74. The number of benzene rings is 2. The summed E-state index contributed by atoms with van der Waals surface area (Å²) in [6.07, 6.45) is 0.280. The van der Waals surface area contributed by atoms with Gasteiger partial charge in [-0.05, 0) is 48.7 Å². The molecule has 120 valence electrons. The van der Waals surface area contributed by atoms with E-state index in [4.69, 9.17) is 0 Å². The normalized spacial score (nSPS) is 13.6. The fourth-order valence-electron chi connectivity index (χ4n) is 2.67. The van der Waals surface area contributed by atoms with Crippen molar-refractivity contribution in [1.82, 2.24) is 0 Å². The molecule has 1 aliphatic heterocycles. The topological polar surface area (TPSA) is 75.3 Å². The van der Waals surface area contributed by atoms with Crippen LogP contribution in [0.1, 0.15) is 22.3 Å². The molecule has 0 radical (unpaired) electrons. The molecule has 0 unspecified atom stereocenters. The standard InChI is InChI=1S/C17H18N2O3S/c1-11-3-4-12(2)14(7-11)10-23(21,22)19-15-5-6-16-13(8-15)9-17(20)18-16/h3-8,19H,9-10H2,1-2H3,(H,18,20). The summed E-state index contributed by atoms with van der Waals surface area (Å²) in [5.41, 5.74) is 4.79. The molecule has 1 aliphatic rings. The lowest BCUT2D eigenvalue weighted by Crippen LogP contribution is -2.16. The van der Waals surface area contributed by atoms with Crippen LogP contribution in [0.2, 0.25) is 0 Å². The van der Waals surface area contributed by atoms with Crippen molar-refractivity contribution in [2.24, 2.45) is 0 Å². The maximum atomic E-state index is 12.4. The third-order valence-electron chi connectivity index (χ3n) is 3.85. The van der Waals surface area contributed by atoms with Crippen molar-refractivity contribution in [1.29, 1.82) is 0 Å². The second kappa shape index (κ2) is 5.70. The molecule has 2 aromatic carbocycles. The molecule has 2 N–H and O–H groups in total. The molecular weight excluding hydrogens is 312 g/mol. The molecule has 6 heteroatoms. The second-order valence-corrected chi connectivity index (χ2v) is 7.61. The van der Waals surface area contributed by atoms with Crippen molar-refractivity contribution in [2.75, 3.05) is 10.0 Å². The Balaban J connectivity index is 1.80. The number of aryl methyl sites for hydroxylation is 2. The fraction of sp³-hybridized carbons (Fsp3) is 0.235. The molecule has 23 heavy (non-hydrogen) atoms. The van der Waals surface area contributed by atoms with E-state index in [-0.39, 0.29) is 18.1 Å². The van der Waals surface area contributed by atoms with Gasteiger partial charge in [-0.25, -0.2) is 8.42 Å². The summed E-state index contributed by atoms with van der Waals surface area (Å²) >= 11 is 0. The number of hydrogen-bond donors (Lipinski definition) is 2. The third-order valence-corrected chi connectivity index (χ3v) is 5.09. The maximum Gasteiger partial charge on any atom is 0.236 e. The van der Waals surface area contributed by atoms with Gasteiger partial charge >= 0.3 is 0 Å². The minimum absolute atomic E-state index is 0.0737. The van der Waals surface area contributed by atoms with Crippen molar-refractivity contribution in [3.05, 3.63) is 58.7 Å². The van der Waals surface area contributed by atoms with Crippen molar-refractivity contribution in [3.63, 3.8) is 0 Å². The van der Waals surface area contributed by atoms with Gasteiger partial charge in [0.05, 0.1) is 12.2 Å². The number of carbonyl (C=O) groups is 1. The van der Waals surface area contributed by atoms with Crippen LogP contribution < -0.4 is 10.0 Å². The first-order chi connectivity index (χ1) is 10.8. The molecule has 0 aliphatic carbocycles. The van der Waals surface area contributed by atoms with Crippen molar-refractivity contribution < 1.29 is 13.2 Å². The molecule has 5 nitrogen and oxygen atoms in total. The lowest BCUT2D eigenvalue weighted by molar-refractivity contribution is -0.115. The molecule has 0 spiro atoms. The van der Waals surface area contributed by atoms with Crippen LogP contribution in [0.3, 0.4) is 0 Å². The van der Waals surface area contributed by atoms with Gasteiger partial charge < -0.3 is 5.32 Å². The average molecular weight is 330 g/mol. The van der Waals surface area contributed by atoms with Gasteiger partial charge in [0, 0.05) is 11.4 Å². The van der Waals surface area contributed by atoms with Crippen LogP contribution in [-0.4, -0.2) is 14.3 Å². The van der Waals surface area contributed by atoms with Gasteiger partial charge in [-0.3, -0.25) is 9.52 Å². The lowest BCUT2D eigenvalue weighted by Gasteiger charge is -2.11. The zero-order valence-electron chi connectivity index (χ0n) is 13.0. The first-order valence-electron chi connectivity index (χ1n) is 7.32. The predicted molar refractivity (Wildman–Crippen MR) is 90.9 cm³/mol. The van der Waals surface area contributed by atoms with Crippen LogP contribution in [0.4, 0.5) is 11.4 Å². The lowest BCUT2D eigenvalue weighted by atomic mass is 10.1. The van der Waals surface area contributed by atoms with Gasteiger partial charge in [-0.2, -0.15) is 0 Å². The number of amides is 1. The van der Waals surface area contributed by atoms with Gasteiger partial charge in [-0.1, -0.05) is 23.8 Å². The number of fused-ring (bicyclic) bond motifs is 1. The molecule has 2 aromatic rings. The Kier molecular flexibility index (Phi) is 3.85. The largest absolute Gasteiger partial charge is 0.326 e. The highest BCUT2D eigenvalue weighted by Crippen LogP contribution is 2.27. The molecular formula is C17H18N2O3S. The fourth-order valence-corrected chi connectivity index (χ4v) is 3.95. The van der Waals surface area contributed by atoms with E-state index >= 15 is 0 Å². The molecule has 0 bridgehead atoms. The Bertz CT molecular complexity index is 889. The quantitative estimate of drug-likeness (QED) is 0.905. The number of anilines is 2. The summed E-state index contributed by atoms with van der Waals surface area (Å²) in [7, 11) is -3.51. The van der Waals surface area contributed by atoms with Crippen LogP contribution in [0, 0.1) is 13.8 Å². The van der Waals surface area contributed by atoms with E-state index < -0.39 is 10.0 Å². The van der Waals surface area contributed by atoms with E-state index in [9.17, 15) is 13.2 Å². The molecule has 1 amide bonds. The zero-order valence-corrected chi connectivity index (χ0v) is 13.8. The van der Waals surface area contributed by atoms with Gasteiger partial charge in [0.15, 0.2) is 0 Å². The van der Waals surface area contributed by atoms with Gasteiger partial charge in [-0.15, -0.1) is 0 Å². The van der Waals surface area contributed by atoms with Crippen molar-refractivity contribution >= 4 is 27.3 Å². The van der Waals surface area contributed by atoms with Gasteiger partial charge in [0.25, 0.3) is 0 Å². The van der Waals surface area contributed by atoms with Crippen LogP contribution in [0.5, 0.6) is 0 Å². The van der Waals surface area contributed by atoms with Crippen molar-refractivity contribution in [2.45, 2.75) is 26.0 Å². The Morgan fingerprint density at radius 3 is 2.70 bits per heavy atom.